The fourth-order valence-electron chi connectivity index (χ4n) is 2.76. The Labute approximate surface area is 172 Å². The average Bonchev–Trinajstić information content (AvgIpc) is 2.71. The van der Waals surface area contributed by atoms with E-state index in [1.165, 1.54) is 12.8 Å². The second-order valence-electron chi connectivity index (χ2n) is 6.99. The molecule has 0 bridgehead atoms. The number of benzene rings is 2. The maximum atomic E-state index is 12.2. The van der Waals surface area contributed by atoms with E-state index < -0.39 is 11.8 Å². The SMILES string of the molecule is CCCCCCOc1ccc(C(=O)NNC(=O)COc2ccc(C)cc2C)cc1. The minimum atomic E-state index is -0.439. The molecule has 0 radical (unpaired) electrons. The van der Waals surface area contributed by atoms with E-state index in [9.17, 15) is 9.59 Å². The van der Waals surface area contributed by atoms with Crippen LogP contribution in [0.5, 0.6) is 11.5 Å². The van der Waals surface area contributed by atoms with Gasteiger partial charge in [0.15, 0.2) is 6.61 Å². The molecule has 0 aliphatic heterocycles. The maximum Gasteiger partial charge on any atom is 0.276 e. The number of hydrogen-bond donors (Lipinski definition) is 2. The Morgan fingerprint density at radius 1 is 0.897 bits per heavy atom. The Balaban J connectivity index is 1.71. The Kier molecular flexibility index (Phi) is 9.02. The van der Waals surface area contributed by atoms with Gasteiger partial charge in [0.1, 0.15) is 11.5 Å². The van der Waals surface area contributed by atoms with Gasteiger partial charge in [-0.3, -0.25) is 20.4 Å². The van der Waals surface area contributed by atoms with Gasteiger partial charge in [-0.25, -0.2) is 0 Å². The van der Waals surface area contributed by atoms with E-state index in [4.69, 9.17) is 9.47 Å². The van der Waals surface area contributed by atoms with Crippen molar-refractivity contribution in [2.75, 3.05) is 13.2 Å². The van der Waals surface area contributed by atoms with Gasteiger partial charge in [0.25, 0.3) is 11.8 Å². The first kappa shape index (κ1) is 22.3. The van der Waals surface area contributed by atoms with E-state index in [-0.39, 0.29) is 6.61 Å². The molecule has 2 N–H and O–H groups in total. The highest BCUT2D eigenvalue weighted by Gasteiger charge is 2.09. The van der Waals surface area contributed by atoms with Crippen molar-refractivity contribution in [1.82, 2.24) is 10.9 Å². The minimum absolute atomic E-state index is 0.186. The second-order valence-corrected chi connectivity index (χ2v) is 6.99. The van der Waals surface area contributed by atoms with Crippen LogP contribution in [0.4, 0.5) is 0 Å². The van der Waals surface area contributed by atoms with E-state index in [0.717, 1.165) is 29.7 Å². The molecule has 0 aromatic heterocycles. The number of aryl methyl sites for hydroxylation is 2. The fraction of sp³-hybridized carbons (Fsp3) is 0.391. The standard InChI is InChI=1S/C23H30N2O4/c1-4-5-6-7-14-28-20-11-9-19(10-12-20)23(27)25-24-22(26)16-29-21-13-8-17(2)15-18(21)3/h8-13,15H,4-7,14,16H2,1-3H3,(H,24,26)(H,25,27). The molecule has 0 fully saturated rings. The summed E-state index contributed by atoms with van der Waals surface area (Å²) in [5, 5.41) is 0. The molecule has 0 aliphatic carbocycles. The first-order chi connectivity index (χ1) is 14.0. The average molecular weight is 399 g/mol. The van der Waals surface area contributed by atoms with Crippen molar-refractivity contribution in [1.29, 1.82) is 0 Å². The summed E-state index contributed by atoms with van der Waals surface area (Å²) in [6.45, 7) is 6.56. The third kappa shape index (κ3) is 7.86. The van der Waals surface area contributed by atoms with E-state index in [2.05, 4.69) is 17.8 Å². The molecular formula is C23H30N2O4. The molecule has 6 nitrogen and oxygen atoms in total. The monoisotopic (exact) mass is 398 g/mol. The molecule has 2 aromatic rings. The zero-order chi connectivity index (χ0) is 21.1. The molecule has 2 amide bonds. The summed E-state index contributed by atoms with van der Waals surface area (Å²) in [5.41, 5.74) is 7.25. The number of hydrogen-bond acceptors (Lipinski definition) is 4. The topological polar surface area (TPSA) is 76.7 Å². The van der Waals surface area contributed by atoms with Crippen molar-refractivity contribution in [3.63, 3.8) is 0 Å². The lowest BCUT2D eigenvalue weighted by atomic mass is 10.1. The van der Waals surface area contributed by atoms with Crippen LogP contribution in [0.15, 0.2) is 42.5 Å². The number of ether oxygens (including phenoxy) is 2. The second kappa shape index (κ2) is 11.7. The summed E-state index contributed by atoms with van der Waals surface area (Å²) in [4.78, 5) is 24.1. The van der Waals surface area contributed by atoms with Crippen LogP contribution in [0.25, 0.3) is 0 Å². The predicted octanol–water partition coefficient (Wildman–Crippen LogP) is 4.10. The number of unbranched alkanes of at least 4 members (excludes halogenated alkanes) is 3. The van der Waals surface area contributed by atoms with Crippen molar-refractivity contribution < 1.29 is 19.1 Å². The molecular weight excluding hydrogens is 368 g/mol. The number of nitrogens with one attached hydrogen (secondary N) is 2. The molecule has 0 aliphatic rings. The number of amides is 2. The highest BCUT2D eigenvalue weighted by Crippen LogP contribution is 2.18. The quantitative estimate of drug-likeness (QED) is 0.467. The lowest BCUT2D eigenvalue weighted by Gasteiger charge is -2.11. The van der Waals surface area contributed by atoms with Gasteiger partial charge in [-0.2, -0.15) is 0 Å². The number of carbonyl (C=O) groups excluding carboxylic acids is 2. The Hall–Kier alpha value is -3.02. The summed E-state index contributed by atoms with van der Waals surface area (Å²) >= 11 is 0. The van der Waals surface area contributed by atoms with Gasteiger partial charge in [-0.05, 0) is 56.2 Å². The highest BCUT2D eigenvalue weighted by atomic mass is 16.5. The first-order valence-electron chi connectivity index (χ1n) is 10.0. The Morgan fingerprint density at radius 3 is 2.34 bits per heavy atom. The number of rotatable bonds is 10. The summed E-state index contributed by atoms with van der Waals surface area (Å²) in [7, 11) is 0. The molecule has 0 saturated carbocycles. The van der Waals surface area contributed by atoms with Crippen LogP contribution in [0, 0.1) is 13.8 Å². The van der Waals surface area contributed by atoms with Crippen molar-refractivity contribution in [2.24, 2.45) is 0 Å². The zero-order valence-corrected chi connectivity index (χ0v) is 17.4. The largest absolute Gasteiger partial charge is 0.494 e. The van der Waals surface area contributed by atoms with Gasteiger partial charge in [0.05, 0.1) is 6.61 Å². The molecule has 0 saturated heterocycles. The van der Waals surface area contributed by atoms with Crippen molar-refractivity contribution >= 4 is 11.8 Å². The Morgan fingerprint density at radius 2 is 1.66 bits per heavy atom. The van der Waals surface area contributed by atoms with E-state index in [0.29, 0.717) is 17.9 Å². The van der Waals surface area contributed by atoms with Crippen LogP contribution < -0.4 is 20.3 Å². The third-order valence-electron chi connectivity index (χ3n) is 4.39. The summed E-state index contributed by atoms with van der Waals surface area (Å²) < 4.78 is 11.1. The van der Waals surface area contributed by atoms with E-state index >= 15 is 0 Å². The van der Waals surface area contributed by atoms with Crippen LogP contribution in [0.1, 0.15) is 54.1 Å². The lowest BCUT2D eigenvalue weighted by molar-refractivity contribution is -0.123. The molecule has 0 atom stereocenters. The van der Waals surface area contributed by atoms with Crippen LogP contribution in [-0.4, -0.2) is 25.0 Å². The molecule has 0 heterocycles. The molecule has 2 rings (SSSR count). The molecule has 29 heavy (non-hydrogen) atoms. The van der Waals surface area contributed by atoms with Crippen LogP contribution >= 0.6 is 0 Å². The molecule has 156 valence electrons. The maximum absolute atomic E-state index is 12.2. The van der Waals surface area contributed by atoms with E-state index in [1.807, 2.05) is 32.0 Å². The smallest absolute Gasteiger partial charge is 0.276 e. The van der Waals surface area contributed by atoms with Gasteiger partial charge in [0.2, 0.25) is 0 Å². The summed E-state index contributed by atoms with van der Waals surface area (Å²) in [6.07, 6.45) is 4.58. The van der Waals surface area contributed by atoms with Crippen LogP contribution in [0.3, 0.4) is 0 Å². The highest BCUT2D eigenvalue weighted by molar-refractivity contribution is 5.95. The third-order valence-corrected chi connectivity index (χ3v) is 4.39. The van der Waals surface area contributed by atoms with Crippen LogP contribution in [0.2, 0.25) is 0 Å². The zero-order valence-electron chi connectivity index (χ0n) is 17.4. The van der Waals surface area contributed by atoms with Gasteiger partial charge in [-0.15, -0.1) is 0 Å². The molecule has 2 aromatic carbocycles. The minimum Gasteiger partial charge on any atom is -0.494 e. The van der Waals surface area contributed by atoms with Crippen molar-refractivity contribution in [2.45, 2.75) is 46.5 Å². The number of carbonyl (C=O) groups is 2. The first-order valence-corrected chi connectivity index (χ1v) is 10.0. The van der Waals surface area contributed by atoms with Crippen LogP contribution in [-0.2, 0) is 4.79 Å². The predicted molar refractivity (Wildman–Crippen MR) is 113 cm³/mol. The van der Waals surface area contributed by atoms with E-state index in [1.54, 1.807) is 24.3 Å². The van der Waals surface area contributed by atoms with Gasteiger partial charge in [-0.1, -0.05) is 43.9 Å². The normalized spacial score (nSPS) is 10.3. The molecule has 6 heteroatoms. The van der Waals surface area contributed by atoms with Crippen molar-refractivity contribution in [3.05, 3.63) is 59.2 Å². The number of hydrazine groups is 1. The van der Waals surface area contributed by atoms with Gasteiger partial charge in [0, 0.05) is 5.56 Å². The molecule has 0 unspecified atom stereocenters. The Bertz CT molecular complexity index is 803. The van der Waals surface area contributed by atoms with Gasteiger partial charge >= 0.3 is 0 Å². The van der Waals surface area contributed by atoms with Gasteiger partial charge < -0.3 is 9.47 Å². The van der Waals surface area contributed by atoms with Crippen molar-refractivity contribution in [3.8, 4) is 11.5 Å². The molecule has 0 spiro atoms. The lowest BCUT2D eigenvalue weighted by Crippen LogP contribution is -2.43. The summed E-state index contributed by atoms with van der Waals surface area (Å²) in [5.74, 6) is 0.524. The fourth-order valence-corrected chi connectivity index (χ4v) is 2.76. The summed E-state index contributed by atoms with van der Waals surface area (Å²) in [6, 6.07) is 12.5.